The predicted octanol–water partition coefficient (Wildman–Crippen LogP) is 2.84. The molecule has 1 aliphatic rings. The van der Waals surface area contributed by atoms with Crippen molar-refractivity contribution >= 4 is 26.0 Å². The van der Waals surface area contributed by atoms with Gasteiger partial charge in [-0.1, -0.05) is 34.5 Å². The summed E-state index contributed by atoms with van der Waals surface area (Å²) in [6, 6.07) is 7.78. The Morgan fingerprint density at radius 3 is 2.29 bits per heavy atom. The number of hydrogen-bond donors (Lipinski definition) is 1. The molecule has 17 heavy (non-hydrogen) atoms. The van der Waals surface area contributed by atoms with Crippen LogP contribution in [0.3, 0.4) is 0 Å². The van der Waals surface area contributed by atoms with Crippen LogP contribution < -0.4 is 4.72 Å². The molecular formula is C12H16BrNO2S. The van der Waals surface area contributed by atoms with Crippen LogP contribution in [0.1, 0.15) is 30.9 Å². The molecule has 0 saturated heterocycles. The van der Waals surface area contributed by atoms with Crippen LogP contribution in [0.15, 0.2) is 28.7 Å². The summed E-state index contributed by atoms with van der Waals surface area (Å²) in [5, 5.41) is 0. The number of benzene rings is 1. The summed E-state index contributed by atoms with van der Waals surface area (Å²) in [6.45, 7) is 0. The maximum absolute atomic E-state index is 11.4. The summed E-state index contributed by atoms with van der Waals surface area (Å²) in [6.07, 6.45) is 4.62. The van der Waals surface area contributed by atoms with E-state index in [1.54, 1.807) is 0 Å². The van der Waals surface area contributed by atoms with Gasteiger partial charge in [-0.05, 0) is 36.5 Å². The van der Waals surface area contributed by atoms with Crippen molar-refractivity contribution in [1.29, 1.82) is 0 Å². The zero-order chi connectivity index (χ0) is 12.5. The van der Waals surface area contributed by atoms with Crippen molar-refractivity contribution in [3.05, 3.63) is 34.3 Å². The Morgan fingerprint density at radius 1 is 1.29 bits per heavy atom. The van der Waals surface area contributed by atoms with Crippen LogP contribution >= 0.6 is 15.9 Å². The lowest BCUT2D eigenvalue weighted by atomic mass is 9.77. The van der Waals surface area contributed by atoms with E-state index in [4.69, 9.17) is 0 Å². The molecule has 0 spiro atoms. The summed E-state index contributed by atoms with van der Waals surface area (Å²) in [7, 11) is -3.16. The normalized spacial score (nSPS) is 18.7. The second kappa shape index (κ2) is 5.08. The SMILES string of the molecule is CS(=O)(=O)NC(c1ccc(Br)cc1)C1CCC1. The van der Waals surface area contributed by atoms with Crippen molar-refractivity contribution in [3.8, 4) is 0 Å². The summed E-state index contributed by atoms with van der Waals surface area (Å²) >= 11 is 3.39. The lowest BCUT2D eigenvalue weighted by molar-refractivity contribution is 0.251. The van der Waals surface area contributed by atoms with Gasteiger partial charge in [0.1, 0.15) is 0 Å². The fourth-order valence-electron chi connectivity index (χ4n) is 2.11. The van der Waals surface area contributed by atoms with Crippen molar-refractivity contribution in [3.63, 3.8) is 0 Å². The van der Waals surface area contributed by atoms with E-state index >= 15 is 0 Å². The number of nitrogens with one attached hydrogen (secondary N) is 1. The maximum Gasteiger partial charge on any atom is 0.209 e. The Bertz CT molecular complexity index is 480. The Balaban J connectivity index is 2.23. The zero-order valence-electron chi connectivity index (χ0n) is 9.69. The molecule has 5 heteroatoms. The van der Waals surface area contributed by atoms with E-state index in [1.807, 2.05) is 24.3 Å². The van der Waals surface area contributed by atoms with E-state index in [0.717, 1.165) is 22.9 Å². The molecule has 0 radical (unpaired) electrons. The van der Waals surface area contributed by atoms with E-state index in [0.29, 0.717) is 5.92 Å². The lowest BCUT2D eigenvalue weighted by Crippen LogP contribution is -2.35. The third-order valence-corrected chi connectivity index (χ3v) is 4.40. The van der Waals surface area contributed by atoms with Gasteiger partial charge in [0, 0.05) is 10.5 Å². The molecule has 3 nitrogen and oxygen atoms in total. The second-order valence-corrected chi connectivity index (χ2v) is 7.31. The van der Waals surface area contributed by atoms with Crippen LogP contribution in [0, 0.1) is 5.92 Å². The minimum atomic E-state index is -3.16. The highest BCUT2D eigenvalue weighted by atomic mass is 79.9. The molecule has 0 heterocycles. The average molecular weight is 318 g/mol. The smallest absolute Gasteiger partial charge is 0.209 e. The minimum absolute atomic E-state index is 0.0770. The first kappa shape index (κ1) is 13.1. The van der Waals surface area contributed by atoms with E-state index in [2.05, 4.69) is 20.7 Å². The van der Waals surface area contributed by atoms with Crippen LogP contribution in [-0.4, -0.2) is 14.7 Å². The molecule has 0 aliphatic heterocycles. The van der Waals surface area contributed by atoms with Crippen molar-refractivity contribution in [1.82, 2.24) is 4.72 Å². The molecular weight excluding hydrogens is 302 g/mol. The van der Waals surface area contributed by atoms with Crippen LogP contribution in [0.25, 0.3) is 0 Å². The second-order valence-electron chi connectivity index (χ2n) is 4.61. The predicted molar refractivity (Wildman–Crippen MR) is 72.2 cm³/mol. The first-order valence-corrected chi connectivity index (χ1v) is 8.37. The molecule has 1 aromatic rings. The molecule has 1 unspecified atom stereocenters. The molecule has 1 atom stereocenters. The van der Waals surface area contributed by atoms with E-state index < -0.39 is 10.0 Å². The average Bonchev–Trinajstić information content (AvgIpc) is 2.13. The van der Waals surface area contributed by atoms with Gasteiger partial charge < -0.3 is 0 Å². The Hall–Kier alpha value is -0.390. The van der Waals surface area contributed by atoms with Gasteiger partial charge in [0.15, 0.2) is 0 Å². The van der Waals surface area contributed by atoms with Gasteiger partial charge in [0.2, 0.25) is 10.0 Å². The summed E-state index contributed by atoms with van der Waals surface area (Å²) in [5.74, 6) is 0.436. The lowest BCUT2D eigenvalue weighted by Gasteiger charge is -2.34. The first-order chi connectivity index (χ1) is 7.96. The van der Waals surface area contributed by atoms with Gasteiger partial charge in [-0.15, -0.1) is 0 Å². The van der Waals surface area contributed by atoms with Crippen LogP contribution in [0.2, 0.25) is 0 Å². The highest BCUT2D eigenvalue weighted by molar-refractivity contribution is 9.10. The first-order valence-electron chi connectivity index (χ1n) is 5.68. The molecule has 1 fully saturated rings. The fraction of sp³-hybridized carbons (Fsp3) is 0.500. The van der Waals surface area contributed by atoms with Crippen LogP contribution in [0.4, 0.5) is 0 Å². The largest absolute Gasteiger partial charge is 0.213 e. The molecule has 1 saturated carbocycles. The number of hydrogen-bond acceptors (Lipinski definition) is 2. The Morgan fingerprint density at radius 2 is 1.88 bits per heavy atom. The zero-order valence-corrected chi connectivity index (χ0v) is 12.1. The fourth-order valence-corrected chi connectivity index (χ4v) is 3.16. The number of halogens is 1. The number of sulfonamides is 1. The standard InChI is InChI=1S/C12H16BrNO2S/c1-17(15,16)14-12(9-3-2-4-9)10-5-7-11(13)8-6-10/h5-9,12,14H,2-4H2,1H3. The van der Waals surface area contributed by atoms with E-state index in [-0.39, 0.29) is 6.04 Å². The van der Waals surface area contributed by atoms with Crippen molar-refractivity contribution in [2.45, 2.75) is 25.3 Å². The molecule has 0 aromatic heterocycles. The van der Waals surface area contributed by atoms with E-state index in [9.17, 15) is 8.42 Å². The van der Waals surface area contributed by atoms with Crippen molar-refractivity contribution < 1.29 is 8.42 Å². The Kier molecular flexibility index (Phi) is 3.90. The van der Waals surface area contributed by atoms with Crippen LogP contribution in [0.5, 0.6) is 0 Å². The third-order valence-electron chi connectivity index (χ3n) is 3.19. The quantitative estimate of drug-likeness (QED) is 0.928. The molecule has 94 valence electrons. The van der Waals surface area contributed by atoms with Crippen molar-refractivity contribution in [2.75, 3.05) is 6.26 Å². The molecule has 0 amide bonds. The topological polar surface area (TPSA) is 46.2 Å². The molecule has 2 rings (SSSR count). The van der Waals surface area contributed by atoms with E-state index in [1.165, 1.54) is 12.7 Å². The Labute approximate surface area is 111 Å². The van der Waals surface area contributed by atoms with Crippen molar-refractivity contribution in [2.24, 2.45) is 5.92 Å². The van der Waals surface area contributed by atoms with Gasteiger partial charge in [-0.3, -0.25) is 0 Å². The minimum Gasteiger partial charge on any atom is -0.213 e. The van der Waals surface area contributed by atoms with Crippen LogP contribution in [-0.2, 0) is 10.0 Å². The van der Waals surface area contributed by atoms with Gasteiger partial charge >= 0.3 is 0 Å². The van der Waals surface area contributed by atoms with Gasteiger partial charge in [0.05, 0.1) is 6.26 Å². The highest BCUT2D eigenvalue weighted by Crippen LogP contribution is 2.38. The molecule has 1 aliphatic carbocycles. The highest BCUT2D eigenvalue weighted by Gasteiger charge is 2.30. The summed E-state index contributed by atoms with van der Waals surface area (Å²) < 4.78 is 26.6. The number of rotatable bonds is 4. The molecule has 0 bridgehead atoms. The van der Waals surface area contributed by atoms with Gasteiger partial charge in [-0.2, -0.15) is 0 Å². The monoisotopic (exact) mass is 317 g/mol. The van der Waals surface area contributed by atoms with Gasteiger partial charge in [0.25, 0.3) is 0 Å². The molecule has 1 N–H and O–H groups in total. The molecule has 1 aromatic carbocycles. The third kappa shape index (κ3) is 3.53. The summed E-state index contributed by atoms with van der Waals surface area (Å²) in [5.41, 5.74) is 1.04. The van der Waals surface area contributed by atoms with Gasteiger partial charge in [-0.25, -0.2) is 13.1 Å². The maximum atomic E-state index is 11.4. The summed E-state index contributed by atoms with van der Waals surface area (Å²) in [4.78, 5) is 0.